The lowest BCUT2D eigenvalue weighted by molar-refractivity contribution is -0.140. The molecule has 1 saturated heterocycles. The number of carbonyl (C=O) groups is 1. The number of hydrogen-bond acceptors (Lipinski definition) is 2. The summed E-state index contributed by atoms with van der Waals surface area (Å²) in [5.74, 6) is -2.35. The SMILES string of the molecule is C[C@@H]1NCCC[C@H]1NC(=O)c1cccc(C(F)(F)F)c1F. The molecule has 1 fully saturated rings. The Hall–Kier alpha value is -1.63. The van der Waals surface area contributed by atoms with Gasteiger partial charge in [0.2, 0.25) is 0 Å². The minimum absolute atomic E-state index is 0.00319. The van der Waals surface area contributed by atoms with Gasteiger partial charge in [-0.2, -0.15) is 13.2 Å². The van der Waals surface area contributed by atoms with Crippen molar-refractivity contribution in [2.24, 2.45) is 0 Å². The second kappa shape index (κ2) is 6.01. The zero-order valence-corrected chi connectivity index (χ0v) is 11.4. The molecule has 2 atom stereocenters. The third kappa shape index (κ3) is 3.53. The minimum Gasteiger partial charge on any atom is -0.348 e. The van der Waals surface area contributed by atoms with Gasteiger partial charge in [-0.25, -0.2) is 4.39 Å². The van der Waals surface area contributed by atoms with Crippen LogP contribution in [-0.2, 0) is 6.18 Å². The molecule has 1 aromatic carbocycles. The van der Waals surface area contributed by atoms with E-state index in [2.05, 4.69) is 10.6 Å². The molecular formula is C14H16F4N2O. The molecule has 1 amide bonds. The van der Waals surface area contributed by atoms with Crippen LogP contribution >= 0.6 is 0 Å². The molecule has 1 aliphatic heterocycles. The predicted molar refractivity (Wildman–Crippen MR) is 69.4 cm³/mol. The molecule has 2 N–H and O–H groups in total. The van der Waals surface area contributed by atoms with Crippen LogP contribution < -0.4 is 10.6 Å². The van der Waals surface area contributed by atoms with Gasteiger partial charge in [-0.1, -0.05) is 6.07 Å². The first-order valence-electron chi connectivity index (χ1n) is 6.70. The first-order valence-corrected chi connectivity index (χ1v) is 6.70. The van der Waals surface area contributed by atoms with E-state index in [4.69, 9.17) is 0 Å². The lowest BCUT2D eigenvalue weighted by Crippen LogP contribution is -2.52. The van der Waals surface area contributed by atoms with Gasteiger partial charge in [0.05, 0.1) is 11.1 Å². The highest BCUT2D eigenvalue weighted by Crippen LogP contribution is 2.32. The smallest absolute Gasteiger partial charge is 0.348 e. The highest BCUT2D eigenvalue weighted by molar-refractivity contribution is 5.95. The Morgan fingerprint density at radius 3 is 2.71 bits per heavy atom. The van der Waals surface area contributed by atoms with Crippen LogP contribution in [0.4, 0.5) is 17.6 Å². The summed E-state index contributed by atoms with van der Waals surface area (Å²) >= 11 is 0. The average molecular weight is 304 g/mol. The molecule has 116 valence electrons. The quantitative estimate of drug-likeness (QED) is 0.825. The molecule has 7 heteroatoms. The van der Waals surface area contributed by atoms with Crippen LogP contribution in [0, 0.1) is 5.82 Å². The minimum atomic E-state index is -4.82. The van der Waals surface area contributed by atoms with E-state index in [-0.39, 0.29) is 12.1 Å². The summed E-state index contributed by atoms with van der Waals surface area (Å²) in [4.78, 5) is 12.0. The summed E-state index contributed by atoms with van der Waals surface area (Å²) in [6.07, 6.45) is -3.26. The topological polar surface area (TPSA) is 41.1 Å². The lowest BCUT2D eigenvalue weighted by atomic mass is 9.99. The van der Waals surface area contributed by atoms with Crippen molar-refractivity contribution in [2.45, 2.75) is 38.0 Å². The molecule has 0 unspecified atom stereocenters. The van der Waals surface area contributed by atoms with Crippen LogP contribution in [0.5, 0.6) is 0 Å². The Morgan fingerprint density at radius 2 is 2.10 bits per heavy atom. The highest BCUT2D eigenvalue weighted by Gasteiger charge is 2.36. The first-order chi connectivity index (χ1) is 9.80. The number of hydrogen-bond donors (Lipinski definition) is 2. The van der Waals surface area contributed by atoms with E-state index in [0.717, 1.165) is 25.1 Å². The zero-order chi connectivity index (χ0) is 15.6. The maximum atomic E-state index is 13.9. The van der Waals surface area contributed by atoms with Gasteiger partial charge in [-0.15, -0.1) is 0 Å². The van der Waals surface area contributed by atoms with Gasteiger partial charge in [-0.3, -0.25) is 4.79 Å². The monoisotopic (exact) mass is 304 g/mol. The van der Waals surface area contributed by atoms with Gasteiger partial charge >= 0.3 is 6.18 Å². The number of nitrogens with one attached hydrogen (secondary N) is 2. The maximum absolute atomic E-state index is 13.9. The third-order valence-electron chi connectivity index (χ3n) is 3.63. The van der Waals surface area contributed by atoms with Crippen molar-refractivity contribution in [3.8, 4) is 0 Å². The highest BCUT2D eigenvalue weighted by atomic mass is 19.4. The molecule has 0 aliphatic carbocycles. The van der Waals surface area contributed by atoms with Crippen LogP contribution in [0.1, 0.15) is 35.7 Å². The second-order valence-corrected chi connectivity index (χ2v) is 5.13. The Morgan fingerprint density at radius 1 is 1.38 bits per heavy atom. The van der Waals surface area contributed by atoms with Crippen molar-refractivity contribution >= 4 is 5.91 Å². The van der Waals surface area contributed by atoms with Gasteiger partial charge in [-0.05, 0) is 38.4 Å². The van der Waals surface area contributed by atoms with E-state index in [0.29, 0.717) is 12.5 Å². The number of carbonyl (C=O) groups excluding carboxylic acids is 1. The predicted octanol–water partition coefficient (Wildman–Crippen LogP) is 2.71. The van der Waals surface area contributed by atoms with Gasteiger partial charge < -0.3 is 10.6 Å². The Labute approximate surface area is 119 Å². The van der Waals surface area contributed by atoms with Crippen LogP contribution in [-0.4, -0.2) is 24.5 Å². The van der Waals surface area contributed by atoms with Crippen molar-refractivity contribution in [2.75, 3.05) is 6.54 Å². The van der Waals surface area contributed by atoms with E-state index in [1.807, 2.05) is 6.92 Å². The Bertz CT molecular complexity index is 530. The van der Waals surface area contributed by atoms with Crippen molar-refractivity contribution in [1.82, 2.24) is 10.6 Å². The first kappa shape index (κ1) is 15.8. The summed E-state index contributed by atoms with van der Waals surface area (Å²) < 4.78 is 51.8. The molecule has 0 spiro atoms. The molecule has 0 saturated carbocycles. The fourth-order valence-corrected chi connectivity index (χ4v) is 2.41. The van der Waals surface area contributed by atoms with Gasteiger partial charge in [0.15, 0.2) is 0 Å². The Kier molecular flexibility index (Phi) is 4.51. The second-order valence-electron chi connectivity index (χ2n) is 5.13. The summed E-state index contributed by atoms with van der Waals surface area (Å²) in [7, 11) is 0. The zero-order valence-electron chi connectivity index (χ0n) is 11.4. The molecule has 1 heterocycles. The van der Waals surface area contributed by atoms with E-state index in [1.54, 1.807) is 0 Å². The van der Waals surface area contributed by atoms with Crippen LogP contribution in [0.25, 0.3) is 0 Å². The Balaban J connectivity index is 2.20. The summed E-state index contributed by atoms with van der Waals surface area (Å²) in [5, 5.41) is 5.75. The third-order valence-corrected chi connectivity index (χ3v) is 3.63. The molecule has 0 radical (unpaired) electrons. The molecule has 21 heavy (non-hydrogen) atoms. The number of rotatable bonds is 2. The lowest BCUT2D eigenvalue weighted by Gasteiger charge is -2.30. The van der Waals surface area contributed by atoms with E-state index in [1.165, 1.54) is 0 Å². The fraction of sp³-hybridized carbons (Fsp3) is 0.500. The molecule has 2 rings (SSSR count). The van der Waals surface area contributed by atoms with Crippen LogP contribution in [0.2, 0.25) is 0 Å². The van der Waals surface area contributed by atoms with Crippen LogP contribution in [0.15, 0.2) is 18.2 Å². The van der Waals surface area contributed by atoms with Gasteiger partial charge in [0.1, 0.15) is 5.82 Å². The van der Waals surface area contributed by atoms with Crippen LogP contribution in [0.3, 0.4) is 0 Å². The van der Waals surface area contributed by atoms with Crippen molar-refractivity contribution in [3.05, 3.63) is 35.1 Å². The number of benzene rings is 1. The molecular weight excluding hydrogens is 288 g/mol. The van der Waals surface area contributed by atoms with E-state index >= 15 is 0 Å². The summed E-state index contributed by atoms with van der Waals surface area (Å²) in [6.45, 7) is 2.69. The molecule has 3 nitrogen and oxygen atoms in total. The fourth-order valence-electron chi connectivity index (χ4n) is 2.41. The van der Waals surface area contributed by atoms with E-state index in [9.17, 15) is 22.4 Å². The summed E-state index contributed by atoms with van der Waals surface area (Å²) in [5.41, 5.74) is -2.01. The van der Waals surface area contributed by atoms with Crippen molar-refractivity contribution in [1.29, 1.82) is 0 Å². The standard InChI is InChI=1S/C14H16F4N2O/c1-8-11(6-3-7-19-8)20-13(21)9-4-2-5-10(12(9)15)14(16,17)18/h2,4-5,8,11,19H,3,6-7H2,1H3,(H,20,21)/t8-,11+/m0/s1. The number of alkyl halides is 3. The molecule has 1 aliphatic rings. The van der Waals surface area contributed by atoms with Gasteiger partial charge in [0.25, 0.3) is 5.91 Å². The number of halogens is 4. The van der Waals surface area contributed by atoms with Crippen molar-refractivity contribution < 1.29 is 22.4 Å². The number of amides is 1. The van der Waals surface area contributed by atoms with Crippen molar-refractivity contribution in [3.63, 3.8) is 0 Å². The average Bonchev–Trinajstić information content (AvgIpc) is 2.40. The molecule has 0 aromatic heterocycles. The largest absolute Gasteiger partial charge is 0.419 e. The maximum Gasteiger partial charge on any atom is 0.419 e. The van der Waals surface area contributed by atoms with E-state index < -0.39 is 29.0 Å². The molecule has 1 aromatic rings. The number of piperidine rings is 1. The summed E-state index contributed by atoms with van der Waals surface area (Å²) in [6, 6.07) is 2.48. The molecule has 0 bridgehead atoms. The van der Waals surface area contributed by atoms with Gasteiger partial charge in [0, 0.05) is 12.1 Å². The normalized spacial score (nSPS) is 22.9.